The highest BCUT2D eigenvalue weighted by atomic mass is 16.5. The van der Waals surface area contributed by atoms with Crippen molar-refractivity contribution in [3.8, 4) is 5.75 Å². The second kappa shape index (κ2) is 7.53. The van der Waals surface area contributed by atoms with E-state index in [1.165, 1.54) is 0 Å². The summed E-state index contributed by atoms with van der Waals surface area (Å²) in [5, 5.41) is 10.9. The van der Waals surface area contributed by atoms with Crippen LogP contribution >= 0.6 is 0 Å². The number of hydrogen-bond donors (Lipinski definition) is 1. The Morgan fingerprint density at radius 2 is 2.16 bits per heavy atom. The monoisotopic (exact) mass is 343 g/mol. The molecule has 1 N–H and O–H groups in total. The summed E-state index contributed by atoms with van der Waals surface area (Å²) in [6.07, 6.45) is -0.262. The molecule has 2 aromatic carbocycles. The summed E-state index contributed by atoms with van der Waals surface area (Å²) in [7, 11) is 1.62. The third kappa shape index (κ3) is 4.09. The molecule has 132 valence electrons. The molecule has 25 heavy (non-hydrogen) atoms. The van der Waals surface area contributed by atoms with Crippen molar-refractivity contribution in [2.24, 2.45) is 0 Å². The topological polar surface area (TPSA) is 76.1 Å². The Morgan fingerprint density at radius 3 is 2.92 bits per heavy atom. The van der Waals surface area contributed by atoms with Crippen LogP contribution in [0.5, 0.6) is 5.75 Å². The molecule has 2 aromatic rings. The molecule has 1 fully saturated rings. The highest BCUT2D eigenvalue weighted by Crippen LogP contribution is 2.25. The van der Waals surface area contributed by atoms with E-state index in [0.717, 1.165) is 22.1 Å². The lowest BCUT2D eigenvalue weighted by Gasteiger charge is -2.32. The molecule has 1 amide bonds. The first-order chi connectivity index (χ1) is 12.1. The summed E-state index contributed by atoms with van der Waals surface area (Å²) in [5.41, 5.74) is 0.933. The minimum Gasteiger partial charge on any atom is -0.497 e. The average molecular weight is 343 g/mol. The van der Waals surface area contributed by atoms with Gasteiger partial charge in [0.05, 0.1) is 32.7 Å². The van der Waals surface area contributed by atoms with E-state index in [2.05, 4.69) is 0 Å². The molecule has 0 saturated carbocycles. The van der Waals surface area contributed by atoms with Gasteiger partial charge in [-0.15, -0.1) is 0 Å². The second-order valence-corrected chi connectivity index (χ2v) is 6.11. The third-order valence-electron chi connectivity index (χ3n) is 4.42. The Kier molecular flexibility index (Phi) is 5.19. The molecule has 0 aliphatic carbocycles. The van der Waals surface area contributed by atoms with Gasteiger partial charge in [-0.25, -0.2) is 0 Å². The van der Waals surface area contributed by atoms with Gasteiger partial charge in [0.15, 0.2) is 0 Å². The number of methoxy groups -OCH3 is 1. The van der Waals surface area contributed by atoms with E-state index in [0.29, 0.717) is 19.7 Å². The van der Waals surface area contributed by atoms with E-state index in [1.807, 2.05) is 36.4 Å². The highest BCUT2D eigenvalue weighted by Gasteiger charge is 2.26. The minimum atomic E-state index is -0.916. The van der Waals surface area contributed by atoms with Crippen molar-refractivity contribution in [2.75, 3.05) is 26.8 Å². The van der Waals surface area contributed by atoms with E-state index in [9.17, 15) is 9.59 Å². The summed E-state index contributed by atoms with van der Waals surface area (Å²) in [6.45, 7) is 1.18. The van der Waals surface area contributed by atoms with Gasteiger partial charge in [-0.1, -0.05) is 24.3 Å². The lowest BCUT2D eigenvalue weighted by atomic mass is 10.0. The van der Waals surface area contributed by atoms with E-state index in [1.54, 1.807) is 12.0 Å². The van der Waals surface area contributed by atoms with Crippen LogP contribution in [0.3, 0.4) is 0 Å². The van der Waals surface area contributed by atoms with Crippen LogP contribution in [-0.4, -0.2) is 54.8 Å². The van der Waals surface area contributed by atoms with Crippen LogP contribution < -0.4 is 4.74 Å². The number of morpholine rings is 1. The summed E-state index contributed by atoms with van der Waals surface area (Å²) in [6, 6.07) is 11.7. The van der Waals surface area contributed by atoms with Gasteiger partial charge in [0.25, 0.3) is 0 Å². The largest absolute Gasteiger partial charge is 0.497 e. The van der Waals surface area contributed by atoms with Crippen molar-refractivity contribution >= 4 is 22.6 Å². The van der Waals surface area contributed by atoms with Gasteiger partial charge in [0, 0.05) is 13.1 Å². The minimum absolute atomic E-state index is 0.0194. The van der Waals surface area contributed by atoms with Crippen molar-refractivity contribution in [1.82, 2.24) is 4.90 Å². The lowest BCUT2D eigenvalue weighted by Crippen LogP contribution is -2.46. The number of fused-ring (bicyclic) bond motifs is 1. The standard InChI is InChI=1S/C19H21NO5/c1-24-15-6-5-13-3-2-4-14(17(13)10-15)9-18(21)20-7-8-25-16(12-20)11-19(22)23/h2-6,10,16H,7-9,11-12H2,1H3,(H,22,23). The highest BCUT2D eigenvalue weighted by molar-refractivity contribution is 5.91. The molecule has 1 saturated heterocycles. The van der Waals surface area contributed by atoms with Crippen molar-refractivity contribution in [2.45, 2.75) is 18.9 Å². The maximum Gasteiger partial charge on any atom is 0.306 e. The number of nitrogens with zero attached hydrogens (tertiary/aromatic N) is 1. The number of hydrogen-bond acceptors (Lipinski definition) is 4. The fraction of sp³-hybridized carbons (Fsp3) is 0.368. The van der Waals surface area contributed by atoms with Crippen molar-refractivity contribution in [1.29, 1.82) is 0 Å². The van der Waals surface area contributed by atoms with Crippen LogP contribution in [0.4, 0.5) is 0 Å². The first-order valence-corrected chi connectivity index (χ1v) is 8.23. The summed E-state index contributed by atoms with van der Waals surface area (Å²) < 4.78 is 10.7. The molecule has 6 heteroatoms. The van der Waals surface area contributed by atoms with E-state index in [4.69, 9.17) is 14.6 Å². The molecule has 1 aliphatic rings. The maximum absolute atomic E-state index is 12.7. The molecule has 1 aliphatic heterocycles. The number of carboxylic acids is 1. The van der Waals surface area contributed by atoms with E-state index >= 15 is 0 Å². The fourth-order valence-corrected chi connectivity index (χ4v) is 3.14. The number of aliphatic carboxylic acids is 1. The van der Waals surface area contributed by atoms with Gasteiger partial charge in [0.1, 0.15) is 5.75 Å². The van der Waals surface area contributed by atoms with Crippen LogP contribution in [0.25, 0.3) is 10.8 Å². The van der Waals surface area contributed by atoms with Crippen molar-refractivity contribution in [3.63, 3.8) is 0 Å². The number of amides is 1. The molecular weight excluding hydrogens is 322 g/mol. The zero-order valence-corrected chi connectivity index (χ0v) is 14.1. The Balaban J connectivity index is 1.76. The number of carbonyl (C=O) groups excluding carboxylic acids is 1. The van der Waals surface area contributed by atoms with Crippen LogP contribution in [0.15, 0.2) is 36.4 Å². The van der Waals surface area contributed by atoms with Gasteiger partial charge in [-0.05, 0) is 28.5 Å². The number of benzene rings is 2. The Bertz CT molecular complexity index is 788. The van der Waals surface area contributed by atoms with Gasteiger partial charge in [-0.2, -0.15) is 0 Å². The predicted octanol–water partition coefficient (Wildman–Crippen LogP) is 2.09. The quantitative estimate of drug-likeness (QED) is 0.900. The SMILES string of the molecule is COc1ccc2cccc(CC(=O)N3CCOC(CC(=O)O)C3)c2c1. The summed E-state index contributed by atoms with van der Waals surface area (Å²) >= 11 is 0. The van der Waals surface area contributed by atoms with Gasteiger partial charge >= 0.3 is 5.97 Å². The normalized spacial score (nSPS) is 17.5. The molecule has 0 spiro atoms. The molecule has 0 radical (unpaired) electrons. The summed E-state index contributed by atoms with van der Waals surface area (Å²) in [4.78, 5) is 25.2. The van der Waals surface area contributed by atoms with Gasteiger partial charge in [-0.3, -0.25) is 9.59 Å². The first-order valence-electron chi connectivity index (χ1n) is 8.23. The van der Waals surface area contributed by atoms with Gasteiger partial charge in [0.2, 0.25) is 5.91 Å². The summed E-state index contributed by atoms with van der Waals surface area (Å²) in [5.74, 6) is -0.185. The molecule has 1 unspecified atom stereocenters. The Hall–Kier alpha value is -2.60. The smallest absolute Gasteiger partial charge is 0.306 e. The van der Waals surface area contributed by atoms with Crippen molar-refractivity contribution < 1.29 is 24.2 Å². The molecule has 0 aromatic heterocycles. The fourth-order valence-electron chi connectivity index (χ4n) is 3.14. The molecule has 3 rings (SSSR count). The average Bonchev–Trinajstić information content (AvgIpc) is 2.61. The number of carbonyl (C=O) groups is 2. The Labute approximate surface area is 145 Å². The zero-order chi connectivity index (χ0) is 17.8. The van der Waals surface area contributed by atoms with E-state index < -0.39 is 12.1 Å². The molecular formula is C19H21NO5. The lowest BCUT2D eigenvalue weighted by molar-refractivity contribution is -0.147. The number of carboxylic acid groups (broad SMARTS) is 1. The molecule has 1 heterocycles. The van der Waals surface area contributed by atoms with Crippen LogP contribution in [0.2, 0.25) is 0 Å². The molecule has 1 atom stereocenters. The first kappa shape index (κ1) is 17.2. The van der Waals surface area contributed by atoms with E-state index in [-0.39, 0.29) is 18.7 Å². The van der Waals surface area contributed by atoms with Crippen molar-refractivity contribution in [3.05, 3.63) is 42.0 Å². The second-order valence-electron chi connectivity index (χ2n) is 6.11. The van der Waals surface area contributed by atoms with Gasteiger partial charge < -0.3 is 19.5 Å². The van der Waals surface area contributed by atoms with Crippen LogP contribution in [0, 0.1) is 0 Å². The Morgan fingerprint density at radius 1 is 1.32 bits per heavy atom. The molecule has 0 bridgehead atoms. The number of ether oxygens (including phenoxy) is 2. The van der Waals surface area contributed by atoms with Crippen LogP contribution in [0.1, 0.15) is 12.0 Å². The maximum atomic E-state index is 12.7. The molecule has 6 nitrogen and oxygen atoms in total. The zero-order valence-electron chi connectivity index (χ0n) is 14.1. The predicted molar refractivity (Wildman–Crippen MR) is 92.8 cm³/mol. The van der Waals surface area contributed by atoms with Crippen LogP contribution in [-0.2, 0) is 20.7 Å². The number of rotatable bonds is 5. The third-order valence-corrected chi connectivity index (χ3v) is 4.42.